The number of anilines is 1. The van der Waals surface area contributed by atoms with Crippen molar-refractivity contribution < 1.29 is 18.0 Å². The van der Waals surface area contributed by atoms with Crippen molar-refractivity contribution in [3.63, 3.8) is 0 Å². The number of halogens is 3. The van der Waals surface area contributed by atoms with E-state index < -0.39 is 11.7 Å². The monoisotopic (exact) mass is 391 g/mol. The zero-order chi connectivity index (χ0) is 20.3. The number of amides is 1. The minimum Gasteiger partial charge on any atom is -0.378 e. The summed E-state index contributed by atoms with van der Waals surface area (Å²) in [5, 5.41) is 6.25. The number of nitrogens with zero attached hydrogens (tertiary/aromatic N) is 1. The molecule has 0 radical (unpaired) electrons. The summed E-state index contributed by atoms with van der Waals surface area (Å²) >= 11 is 0. The molecule has 0 aromatic heterocycles. The van der Waals surface area contributed by atoms with Gasteiger partial charge in [0.05, 0.1) is 12.0 Å². The van der Waals surface area contributed by atoms with Gasteiger partial charge in [-0.25, -0.2) is 0 Å². The Morgan fingerprint density at radius 3 is 2.50 bits per heavy atom. The van der Waals surface area contributed by atoms with Crippen LogP contribution in [0.5, 0.6) is 0 Å². The molecule has 1 heterocycles. The molecule has 1 amide bonds. The fourth-order valence-electron chi connectivity index (χ4n) is 3.49. The standard InChI is InChI=1S/C21H24F3N3O/c1-27(2)17-5-3-4-14(10-17)11-20(28)26-19-13-25-12-18(19)15-6-8-16(9-7-15)21(22,23)24/h3-10,18-19,25H,11-13H2,1-2H3,(H,26,28)/t18-,19+/m1/s1. The lowest BCUT2D eigenvalue weighted by Crippen LogP contribution is -2.40. The molecule has 0 aliphatic carbocycles. The van der Waals surface area contributed by atoms with E-state index in [1.807, 2.05) is 43.3 Å². The van der Waals surface area contributed by atoms with Crippen LogP contribution in [0.3, 0.4) is 0 Å². The molecule has 1 saturated heterocycles. The van der Waals surface area contributed by atoms with E-state index in [0.717, 1.165) is 28.9 Å². The van der Waals surface area contributed by atoms with Gasteiger partial charge in [0, 0.05) is 44.8 Å². The van der Waals surface area contributed by atoms with Crippen LogP contribution in [0.2, 0.25) is 0 Å². The van der Waals surface area contributed by atoms with Gasteiger partial charge in [-0.3, -0.25) is 4.79 Å². The van der Waals surface area contributed by atoms with E-state index in [4.69, 9.17) is 0 Å². The summed E-state index contributed by atoms with van der Waals surface area (Å²) in [5.74, 6) is -0.152. The number of hydrogen-bond acceptors (Lipinski definition) is 3. The molecule has 0 saturated carbocycles. The lowest BCUT2D eigenvalue weighted by molar-refractivity contribution is -0.137. The molecule has 0 unspecified atom stereocenters. The summed E-state index contributed by atoms with van der Waals surface area (Å²) in [6.45, 7) is 1.21. The number of carbonyl (C=O) groups is 1. The topological polar surface area (TPSA) is 44.4 Å². The summed E-state index contributed by atoms with van der Waals surface area (Å²) < 4.78 is 38.3. The highest BCUT2D eigenvalue weighted by atomic mass is 19.4. The van der Waals surface area contributed by atoms with E-state index >= 15 is 0 Å². The Balaban J connectivity index is 1.65. The number of hydrogen-bond donors (Lipinski definition) is 2. The number of nitrogens with one attached hydrogen (secondary N) is 2. The molecule has 0 spiro atoms. The Bertz CT molecular complexity index is 818. The van der Waals surface area contributed by atoms with Gasteiger partial charge in [0.1, 0.15) is 0 Å². The van der Waals surface area contributed by atoms with E-state index in [1.165, 1.54) is 12.1 Å². The second kappa shape index (κ2) is 8.22. The predicted octanol–water partition coefficient (Wildman–Crippen LogP) is 3.19. The summed E-state index contributed by atoms with van der Waals surface area (Å²) in [6.07, 6.45) is -4.08. The number of rotatable bonds is 5. The van der Waals surface area contributed by atoms with Crippen molar-refractivity contribution in [3.05, 3.63) is 65.2 Å². The summed E-state index contributed by atoms with van der Waals surface area (Å²) in [7, 11) is 3.88. The molecule has 3 rings (SSSR count). The van der Waals surface area contributed by atoms with Crippen LogP contribution in [0, 0.1) is 0 Å². The van der Waals surface area contributed by atoms with Crippen molar-refractivity contribution in [3.8, 4) is 0 Å². The van der Waals surface area contributed by atoms with Crippen LogP contribution in [0.15, 0.2) is 48.5 Å². The van der Waals surface area contributed by atoms with Gasteiger partial charge in [-0.2, -0.15) is 13.2 Å². The van der Waals surface area contributed by atoms with Gasteiger partial charge in [0.25, 0.3) is 0 Å². The van der Waals surface area contributed by atoms with Gasteiger partial charge in [0.2, 0.25) is 5.91 Å². The molecule has 150 valence electrons. The molecule has 1 aliphatic rings. The zero-order valence-corrected chi connectivity index (χ0v) is 15.9. The maximum Gasteiger partial charge on any atom is 0.416 e. The molecule has 7 heteroatoms. The fraction of sp³-hybridized carbons (Fsp3) is 0.381. The Kier molecular flexibility index (Phi) is 5.93. The smallest absolute Gasteiger partial charge is 0.378 e. The number of carbonyl (C=O) groups excluding carboxylic acids is 1. The van der Waals surface area contributed by atoms with E-state index in [1.54, 1.807) is 0 Å². The van der Waals surface area contributed by atoms with Gasteiger partial charge in [-0.15, -0.1) is 0 Å². The van der Waals surface area contributed by atoms with Gasteiger partial charge < -0.3 is 15.5 Å². The third-order valence-electron chi connectivity index (χ3n) is 5.02. The van der Waals surface area contributed by atoms with Crippen molar-refractivity contribution in [2.75, 3.05) is 32.1 Å². The van der Waals surface area contributed by atoms with Crippen LogP contribution in [0.4, 0.5) is 18.9 Å². The molecule has 0 bridgehead atoms. The first-order valence-electron chi connectivity index (χ1n) is 9.17. The van der Waals surface area contributed by atoms with Crippen LogP contribution in [-0.4, -0.2) is 39.1 Å². The van der Waals surface area contributed by atoms with Crippen molar-refractivity contribution in [1.82, 2.24) is 10.6 Å². The van der Waals surface area contributed by atoms with Gasteiger partial charge in [-0.05, 0) is 35.4 Å². The molecule has 4 nitrogen and oxygen atoms in total. The number of alkyl halides is 3. The minimum atomic E-state index is -4.35. The highest BCUT2D eigenvalue weighted by molar-refractivity contribution is 5.79. The average molecular weight is 391 g/mol. The van der Waals surface area contributed by atoms with Crippen LogP contribution in [-0.2, 0) is 17.4 Å². The first-order chi connectivity index (χ1) is 13.2. The highest BCUT2D eigenvalue weighted by Crippen LogP contribution is 2.31. The molecule has 1 aliphatic heterocycles. The van der Waals surface area contributed by atoms with Gasteiger partial charge >= 0.3 is 6.18 Å². The summed E-state index contributed by atoms with van der Waals surface area (Å²) in [5.41, 5.74) is 2.07. The Morgan fingerprint density at radius 1 is 1.14 bits per heavy atom. The van der Waals surface area contributed by atoms with Crippen LogP contribution < -0.4 is 15.5 Å². The SMILES string of the molecule is CN(C)c1cccc(CC(=O)N[C@H]2CNC[C@@H]2c2ccc(C(F)(F)F)cc2)c1. The quantitative estimate of drug-likeness (QED) is 0.823. The molecule has 2 aromatic carbocycles. The predicted molar refractivity (Wildman–Crippen MR) is 103 cm³/mol. The second-order valence-electron chi connectivity index (χ2n) is 7.30. The lowest BCUT2D eigenvalue weighted by atomic mass is 9.93. The third-order valence-corrected chi connectivity index (χ3v) is 5.02. The van der Waals surface area contributed by atoms with Gasteiger partial charge in [0.15, 0.2) is 0 Å². The Labute approximate surface area is 162 Å². The normalized spacial score (nSPS) is 19.5. The van der Waals surface area contributed by atoms with Crippen LogP contribution >= 0.6 is 0 Å². The molecule has 2 atom stereocenters. The maximum absolute atomic E-state index is 12.8. The van der Waals surface area contributed by atoms with Crippen molar-refractivity contribution >= 4 is 11.6 Å². The van der Waals surface area contributed by atoms with E-state index in [0.29, 0.717) is 13.1 Å². The largest absolute Gasteiger partial charge is 0.416 e. The van der Waals surface area contributed by atoms with E-state index in [2.05, 4.69) is 10.6 Å². The molecule has 1 fully saturated rings. The fourth-order valence-corrected chi connectivity index (χ4v) is 3.49. The highest BCUT2D eigenvalue weighted by Gasteiger charge is 2.32. The van der Waals surface area contributed by atoms with Crippen LogP contribution in [0.25, 0.3) is 0 Å². The lowest BCUT2D eigenvalue weighted by Gasteiger charge is -2.21. The Morgan fingerprint density at radius 2 is 1.86 bits per heavy atom. The molecular weight excluding hydrogens is 367 g/mol. The van der Waals surface area contributed by atoms with Crippen molar-refractivity contribution in [1.29, 1.82) is 0 Å². The maximum atomic E-state index is 12.8. The Hall–Kier alpha value is -2.54. The van der Waals surface area contributed by atoms with E-state index in [9.17, 15) is 18.0 Å². The summed E-state index contributed by atoms with van der Waals surface area (Å²) in [6, 6.07) is 12.8. The van der Waals surface area contributed by atoms with Gasteiger partial charge in [-0.1, -0.05) is 24.3 Å². The molecular formula is C21H24F3N3O. The van der Waals surface area contributed by atoms with E-state index in [-0.39, 0.29) is 24.3 Å². The number of benzene rings is 2. The minimum absolute atomic E-state index is 0.0562. The zero-order valence-electron chi connectivity index (χ0n) is 15.9. The first kappa shape index (κ1) is 20.2. The molecule has 2 aromatic rings. The summed E-state index contributed by atoms with van der Waals surface area (Å²) in [4.78, 5) is 14.5. The second-order valence-corrected chi connectivity index (χ2v) is 7.30. The average Bonchev–Trinajstić information content (AvgIpc) is 3.09. The molecule has 28 heavy (non-hydrogen) atoms. The van der Waals surface area contributed by atoms with Crippen molar-refractivity contribution in [2.24, 2.45) is 0 Å². The third kappa shape index (κ3) is 4.84. The molecule has 2 N–H and O–H groups in total. The van der Waals surface area contributed by atoms with Crippen LogP contribution in [0.1, 0.15) is 22.6 Å². The first-order valence-corrected chi connectivity index (χ1v) is 9.17. The van der Waals surface area contributed by atoms with Crippen molar-refractivity contribution in [2.45, 2.75) is 24.6 Å².